The van der Waals surface area contributed by atoms with Gasteiger partial charge in [-0.3, -0.25) is 0 Å². The average molecular weight is 302 g/mol. The third-order valence-electron chi connectivity index (χ3n) is 2.03. The Balaban J connectivity index is 2.19. The molecule has 108 valence electrons. The van der Waals surface area contributed by atoms with Crippen molar-refractivity contribution in [1.82, 2.24) is 15.2 Å². The Labute approximate surface area is 112 Å². The van der Waals surface area contributed by atoms with Crippen LogP contribution in [0.15, 0.2) is 21.6 Å². The van der Waals surface area contributed by atoms with Crippen LogP contribution >= 0.6 is 0 Å². The van der Waals surface area contributed by atoms with Gasteiger partial charge in [-0.1, -0.05) is 0 Å². The number of carboxylic acid groups (broad SMARTS) is 1. The van der Waals surface area contributed by atoms with Gasteiger partial charge in [-0.2, -0.15) is 13.4 Å². The molecule has 0 unspecified atom stereocenters. The van der Waals surface area contributed by atoms with Crippen LogP contribution in [0.4, 0.5) is 5.95 Å². The highest BCUT2D eigenvalue weighted by Gasteiger charge is 2.22. The van der Waals surface area contributed by atoms with E-state index in [0.29, 0.717) is 6.61 Å². The highest BCUT2D eigenvalue weighted by atomic mass is 32.2. The zero-order valence-corrected chi connectivity index (χ0v) is 11.0. The number of aromatic nitrogens is 3. The van der Waals surface area contributed by atoms with Crippen molar-refractivity contribution < 1.29 is 27.5 Å². The first-order chi connectivity index (χ1) is 9.42. The van der Waals surface area contributed by atoms with Crippen molar-refractivity contribution in [3.8, 4) is 6.01 Å². The predicted octanol–water partition coefficient (Wildman–Crippen LogP) is 0.295. The highest BCUT2D eigenvalue weighted by Crippen LogP contribution is 2.17. The molecule has 0 bridgehead atoms. The first-order valence-corrected chi connectivity index (χ1v) is 6.82. The van der Waals surface area contributed by atoms with Crippen LogP contribution in [0.25, 0.3) is 0 Å². The van der Waals surface area contributed by atoms with Gasteiger partial charge in [-0.15, -0.1) is 5.10 Å². The fraction of sp³-hybridized carbons (Fsp3) is 0.222. The van der Waals surface area contributed by atoms with E-state index in [1.165, 1.54) is 0 Å². The zero-order chi connectivity index (χ0) is 14.8. The summed E-state index contributed by atoms with van der Waals surface area (Å²) in [5, 5.41) is 14.0. The van der Waals surface area contributed by atoms with E-state index in [1.807, 2.05) is 4.72 Å². The van der Waals surface area contributed by atoms with Crippen molar-refractivity contribution >= 4 is 21.9 Å². The number of nitrogens with zero attached hydrogens (tertiary/aromatic N) is 2. The molecule has 2 aromatic rings. The van der Waals surface area contributed by atoms with E-state index < -0.39 is 26.8 Å². The molecule has 0 spiro atoms. The lowest BCUT2D eigenvalue weighted by atomic mass is 10.5. The number of hydrogen-bond acceptors (Lipinski definition) is 7. The largest absolute Gasteiger partial charge is 0.475 e. The molecular weight excluding hydrogens is 292 g/mol. The Morgan fingerprint density at radius 3 is 2.90 bits per heavy atom. The number of nitrogens with one attached hydrogen (secondary N) is 2. The van der Waals surface area contributed by atoms with Crippen LogP contribution in [-0.4, -0.2) is 41.3 Å². The van der Waals surface area contributed by atoms with Gasteiger partial charge in [0.05, 0.1) is 6.61 Å². The molecule has 0 saturated heterocycles. The Morgan fingerprint density at radius 1 is 1.55 bits per heavy atom. The Morgan fingerprint density at radius 2 is 2.30 bits per heavy atom. The molecule has 0 saturated carbocycles. The van der Waals surface area contributed by atoms with Crippen molar-refractivity contribution in [2.24, 2.45) is 0 Å². The number of aromatic carboxylic acids is 1. The van der Waals surface area contributed by atoms with E-state index in [1.54, 1.807) is 6.92 Å². The predicted molar refractivity (Wildman–Crippen MR) is 64.0 cm³/mol. The lowest BCUT2D eigenvalue weighted by Gasteiger charge is -2.00. The maximum absolute atomic E-state index is 11.9. The van der Waals surface area contributed by atoms with E-state index in [4.69, 9.17) is 14.3 Å². The number of hydrogen-bond donors (Lipinski definition) is 3. The van der Waals surface area contributed by atoms with Crippen molar-refractivity contribution in [3.63, 3.8) is 0 Å². The molecule has 11 heteroatoms. The van der Waals surface area contributed by atoms with Gasteiger partial charge in [0.2, 0.25) is 16.8 Å². The summed E-state index contributed by atoms with van der Waals surface area (Å²) < 4.78 is 35.4. The van der Waals surface area contributed by atoms with Crippen molar-refractivity contribution in [1.29, 1.82) is 0 Å². The first-order valence-electron chi connectivity index (χ1n) is 5.33. The van der Waals surface area contributed by atoms with Crippen LogP contribution in [0.3, 0.4) is 0 Å². The summed E-state index contributed by atoms with van der Waals surface area (Å²) in [5.41, 5.74) is 0. The van der Waals surface area contributed by atoms with Gasteiger partial charge in [0, 0.05) is 0 Å². The number of rotatable bonds is 6. The number of aromatic amines is 1. The number of furan rings is 1. The van der Waals surface area contributed by atoms with E-state index in [-0.39, 0.29) is 12.0 Å². The number of H-pyrrole nitrogens is 1. The summed E-state index contributed by atoms with van der Waals surface area (Å²) >= 11 is 0. The summed E-state index contributed by atoms with van der Waals surface area (Å²) in [6, 6.07) is 2.03. The fourth-order valence-corrected chi connectivity index (χ4v) is 2.14. The van der Waals surface area contributed by atoms with E-state index in [9.17, 15) is 13.2 Å². The standard InChI is InChI=1S/C9H10N4O6S/c1-2-18-9-10-8(11-12-9)13-20(16,17)6-4-3-5(19-6)7(14)15/h3-4H,2H2,1H3,(H,14,15)(H2,10,11,12,13). The number of carbonyl (C=O) groups is 1. The lowest BCUT2D eigenvalue weighted by Crippen LogP contribution is -2.13. The number of anilines is 1. The van der Waals surface area contributed by atoms with Crippen molar-refractivity contribution in [2.75, 3.05) is 11.3 Å². The average Bonchev–Trinajstić information content (AvgIpc) is 2.98. The third kappa shape index (κ3) is 2.88. The molecule has 0 atom stereocenters. The fourth-order valence-electron chi connectivity index (χ4n) is 1.24. The second-order valence-electron chi connectivity index (χ2n) is 3.43. The zero-order valence-electron chi connectivity index (χ0n) is 10.2. The molecule has 0 aromatic carbocycles. The minimum Gasteiger partial charge on any atom is -0.475 e. The first kappa shape index (κ1) is 13.9. The SMILES string of the molecule is CCOc1n[nH]c(NS(=O)(=O)c2ccc(C(=O)O)o2)n1. The molecule has 3 N–H and O–H groups in total. The van der Waals surface area contributed by atoms with E-state index in [2.05, 4.69) is 15.2 Å². The van der Waals surface area contributed by atoms with Gasteiger partial charge in [0.15, 0.2) is 0 Å². The minimum atomic E-state index is -4.10. The second kappa shape index (κ2) is 5.21. The van der Waals surface area contributed by atoms with Gasteiger partial charge in [0.25, 0.3) is 10.0 Å². The quantitative estimate of drug-likeness (QED) is 0.689. The Bertz CT molecular complexity index is 718. The van der Waals surface area contributed by atoms with Gasteiger partial charge < -0.3 is 14.3 Å². The normalized spacial score (nSPS) is 11.2. The van der Waals surface area contributed by atoms with Crippen LogP contribution in [0.2, 0.25) is 0 Å². The molecule has 2 aromatic heterocycles. The molecule has 0 fully saturated rings. The Hall–Kier alpha value is -2.56. The van der Waals surface area contributed by atoms with Crippen LogP contribution < -0.4 is 9.46 Å². The molecule has 0 aliphatic carbocycles. The molecule has 10 nitrogen and oxygen atoms in total. The molecule has 2 rings (SSSR count). The topological polar surface area (TPSA) is 147 Å². The van der Waals surface area contributed by atoms with Crippen molar-refractivity contribution in [2.45, 2.75) is 12.0 Å². The third-order valence-corrected chi connectivity index (χ3v) is 3.24. The van der Waals surface area contributed by atoms with Crippen LogP contribution in [0.5, 0.6) is 6.01 Å². The van der Waals surface area contributed by atoms with Crippen molar-refractivity contribution in [3.05, 3.63) is 17.9 Å². The molecule has 0 amide bonds. The van der Waals surface area contributed by atoms with Crippen LogP contribution in [0.1, 0.15) is 17.5 Å². The summed E-state index contributed by atoms with van der Waals surface area (Å²) in [7, 11) is -4.10. The summed E-state index contributed by atoms with van der Waals surface area (Å²) in [5.74, 6) is -2.04. The minimum absolute atomic E-state index is 0.0177. The molecule has 0 aliphatic heterocycles. The van der Waals surface area contributed by atoms with Crippen LogP contribution in [-0.2, 0) is 10.0 Å². The number of ether oxygens (including phenoxy) is 1. The maximum atomic E-state index is 11.9. The maximum Gasteiger partial charge on any atom is 0.371 e. The van der Waals surface area contributed by atoms with Crippen LogP contribution in [0, 0.1) is 0 Å². The summed E-state index contributed by atoms with van der Waals surface area (Å²) in [6.45, 7) is 2.04. The highest BCUT2D eigenvalue weighted by molar-refractivity contribution is 7.92. The summed E-state index contributed by atoms with van der Waals surface area (Å²) in [4.78, 5) is 14.3. The van der Waals surface area contributed by atoms with Gasteiger partial charge in [-0.25, -0.2) is 14.6 Å². The van der Waals surface area contributed by atoms with E-state index in [0.717, 1.165) is 12.1 Å². The van der Waals surface area contributed by atoms with Gasteiger partial charge >= 0.3 is 12.0 Å². The van der Waals surface area contributed by atoms with Gasteiger partial charge in [0.1, 0.15) is 0 Å². The number of carboxylic acids is 1. The Kier molecular flexibility index (Phi) is 3.61. The lowest BCUT2D eigenvalue weighted by molar-refractivity contribution is 0.0656. The molecule has 0 radical (unpaired) electrons. The molecule has 2 heterocycles. The van der Waals surface area contributed by atoms with Gasteiger partial charge in [-0.05, 0) is 19.1 Å². The number of sulfonamides is 1. The monoisotopic (exact) mass is 302 g/mol. The molecular formula is C9H10N4O6S. The summed E-state index contributed by atoms with van der Waals surface area (Å²) in [6.07, 6.45) is 0. The second-order valence-corrected chi connectivity index (χ2v) is 5.04. The smallest absolute Gasteiger partial charge is 0.371 e. The molecule has 20 heavy (non-hydrogen) atoms. The van der Waals surface area contributed by atoms with E-state index >= 15 is 0 Å². The molecule has 0 aliphatic rings.